The molecule has 6 aromatic rings. The number of aryl methyl sites for hydroxylation is 1. The van der Waals surface area contributed by atoms with Crippen LogP contribution in [0, 0.1) is 0 Å². The second-order valence-electron chi connectivity index (χ2n) is 10.2. The Hall–Kier alpha value is -4.67. The predicted molar refractivity (Wildman–Crippen MR) is 181 cm³/mol. The molecule has 1 heterocycles. The molecule has 2 nitrogen and oxygen atoms in total. The quantitative estimate of drug-likeness (QED) is 0.185. The molecule has 5 aromatic carbocycles. The Morgan fingerprint density at radius 1 is 0.690 bits per heavy atom. The minimum absolute atomic E-state index is 0.202. The zero-order valence-electron chi connectivity index (χ0n) is 24.1. The number of rotatable bonds is 8. The van der Waals surface area contributed by atoms with E-state index in [9.17, 15) is 0 Å². The van der Waals surface area contributed by atoms with Gasteiger partial charge in [0.1, 0.15) is 7.85 Å². The molecular weight excluding hydrogens is 523 g/mol. The smallest absolute Gasteiger partial charge is 0.103 e. The Balaban J connectivity index is 0.000000199. The van der Waals surface area contributed by atoms with Crippen molar-refractivity contribution in [2.45, 2.75) is 18.5 Å². The lowest BCUT2D eigenvalue weighted by atomic mass is 9.92. The first-order chi connectivity index (χ1) is 20.7. The zero-order valence-corrected chi connectivity index (χ0v) is 25.5. The fourth-order valence-electron chi connectivity index (χ4n) is 5.46. The van der Waals surface area contributed by atoms with Crippen LogP contribution >= 0.6 is 0 Å². The molecule has 0 bridgehead atoms. The van der Waals surface area contributed by atoms with Crippen molar-refractivity contribution in [3.63, 3.8) is 0 Å². The van der Waals surface area contributed by atoms with Gasteiger partial charge in [-0.1, -0.05) is 158 Å². The van der Waals surface area contributed by atoms with E-state index in [1.807, 2.05) is 48.9 Å². The van der Waals surface area contributed by atoms with Crippen LogP contribution in [-0.2, 0) is 11.6 Å². The fraction of sp³-hybridized carbons (Fsp3) is 0.0789. The summed E-state index contributed by atoms with van der Waals surface area (Å²) in [5.74, 6) is 1.66. The normalized spacial score (nSPS) is 11.1. The summed E-state index contributed by atoms with van der Waals surface area (Å²) in [5, 5.41) is 1.25. The SMILES string of the molecule is CCc1ccc([SiH2]C(c2ccccc2)(c2ccccc2)n2ccnc2)cc1.[B]C=C(c1ccccc1)c1ccccc1. The van der Waals surface area contributed by atoms with Gasteiger partial charge in [-0.3, -0.25) is 0 Å². The molecule has 0 unspecified atom stereocenters. The van der Waals surface area contributed by atoms with Crippen molar-refractivity contribution in [3.05, 3.63) is 198 Å². The molecule has 204 valence electrons. The van der Waals surface area contributed by atoms with Crippen molar-refractivity contribution in [1.29, 1.82) is 0 Å². The Kier molecular flexibility index (Phi) is 9.82. The maximum absolute atomic E-state index is 5.67. The third kappa shape index (κ3) is 6.62. The topological polar surface area (TPSA) is 17.8 Å². The lowest BCUT2D eigenvalue weighted by Crippen LogP contribution is -2.46. The van der Waals surface area contributed by atoms with E-state index in [1.165, 1.54) is 21.9 Å². The molecule has 42 heavy (non-hydrogen) atoms. The maximum Gasteiger partial charge on any atom is 0.103 e. The van der Waals surface area contributed by atoms with Crippen molar-refractivity contribution in [3.8, 4) is 0 Å². The van der Waals surface area contributed by atoms with Crippen molar-refractivity contribution in [2.24, 2.45) is 0 Å². The van der Waals surface area contributed by atoms with Gasteiger partial charge in [-0.15, -0.1) is 5.98 Å². The molecule has 4 heteroatoms. The fourth-order valence-corrected chi connectivity index (χ4v) is 7.77. The van der Waals surface area contributed by atoms with E-state index in [-0.39, 0.29) is 5.16 Å². The van der Waals surface area contributed by atoms with Crippen LogP contribution in [0.5, 0.6) is 0 Å². The summed E-state index contributed by atoms with van der Waals surface area (Å²) in [7, 11) is 4.90. The first kappa shape index (κ1) is 28.8. The van der Waals surface area contributed by atoms with Gasteiger partial charge in [-0.2, -0.15) is 0 Å². The number of hydrogen-bond acceptors (Lipinski definition) is 1. The van der Waals surface area contributed by atoms with Crippen molar-refractivity contribution in [1.82, 2.24) is 9.55 Å². The highest BCUT2D eigenvalue weighted by Gasteiger charge is 2.36. The van der Waals surface area contributed by atoms with Gasteiger partial charge in [-0.25, -0.2) is 4.98 Å². The Bertz CT molecular complexity index is 1570. The Morgan fingerprint density at radius 3 is 1.57 bits per heavy atom. The molecule has 0 saturated heterocycles. The first-order valence-corrected chi connectivity index (χ1v) is 15.9. The number of aromatic nitrogens is 2. The largest absolute Gasteiger partial charge is 0.326 e. The van der Waals surface area contributed by atoms with Gasteiger partial charge in [0, 0.05) is 12.4 Å². The van der Waals surface area contributed by atoms with Gasteiger partial charge >= 0.3 is 0 Å². The van der Waals surface area contributed by atoms with Crippen LogP contribution in [0.3, 0.4) is 0 Å². The monoisotopic (exact) mass is 558 g/mol. The van der Waals surface area contributed by atoms with Crippen LogP contribution < -0.4 is 5.19 Å². The predicted octanol–water partition coefficient (Wildman–Crippen LogP) is 6.93. The van der Waals surface area contributed by atoms with Crippen molar-refractivity contribution >= 4 is 28.1 Å². The van der Waals surface area contributed by atoms with E-state index >= 15 is 0 Å². The standard InChI is InChI=1S/C24H24N2Si.C14H11B/c1-2-20-13-15-23(16-14-20)27-24(26-18-17-25-19-26,21-9-5-3-6-10-21)22-11-7-4-8-12-22;15-11-14(12-7-3-1-4-8-12)13-9-5-2-6-10-13/h3-19H,2,27H2,1H3;1-11H. The number of benzene rings is 5. The molecule has 0 aliphatic heterocycles. The average molecular weight is 559 g/mol. The molecule has 2 radical (unpaired) electrons. The molecule has 0 saturated carbocycles. The van der Waals surface area contributed by atoms with Gasteiger partial charge in [0.05, 0.1) is 21.0 Å². The van der Waals surface area contributed by atoms with E-state index < -0.39 is 9.52 Å². The average Bonchev–Trinajstić information content (AvgIpc) is 3.62. The molecule has 0 atom stereocenters. The Morgan fingerprint density at radius 2 is 1.17 bits per heavy atom. The number of hydrogen-bond donors (Lipinski definition) is 0. The minimum atomic E-state index is -0.770. The molecule has 6 rings (SSSR count). The molecule has 0 spiro atoms. The Labute approximate surface area is 253 Å². The third-order valence-electron chi connectivity index (χ3n) is 7.68. The van der Waals surface area contributed by atoms with Gasteiger partial charge < -0.3 is 4.57 Å². The highest BCUT2D eigenvalue weighted by atomic mass is 28.2. The van der Waals surface area contributed by atoms with Crippen LogP contribution in [0.2, 0.25) is 0 Å². The van der Waals surface area contributed by atoms with E-state index in [0.717, 1.165) is 23.1 Å². The maximum atomic E-state index is 5.67. The molecule has 0 N–H and O–H groups in total. The van der Waals surface area contributed by atoms with Crippen molar-refractivity contribution < 1.29 is 0 Å². The lowest BCUT2D eigenvalue weighted by molar-refractivity contribution is 0.596. The summed E-state index contributed by atoms with van der Waals surface area (Å²) in [4.78, 5) is 4.39. The molecule has 0 aliphatic rings. The van der Waals surface area contributed by atoms with Gasteiger partial charge in [0.15, 0.2) is 0 Å². The van der Waals surface area contributed by atoms with Crippen LogP contribution in [0.4, 0.5) is 0 Å². The molecule has 0 amide bonds. The summed E-state index contributed by atoms with van der Waals surface area (Å²) in [6.07, 6.45) is 7.03. The van der Waals surface area contributed by atoms with Crippen LogP contribution in [-0.4, -0.2) is 26.9 Å². The van der Waals surface area contributed by atoms with Gasteiger partial charge in [-0.05, 0) is 39.8 Å². The van der Waals surface area contributed by atoms with Crippen LogP contribution in [0.15, 0.2) is 170 Å². The third-order valence-corrected chi connectivity index (χ3v) is 10.2. The van der Waals surface area contributed by atoms with E-state index in [1.54, 1.807) is 5.98 Å². The summed E-state index contributed by atoms with van der Waals surface area (Å²) >= 11 is 0. The first-order valence-electron chi connectivity index (χ1n) is 14.4. The number of nitrogens with zero attached hydrogens (tertiary/aromatic N) is 2. The zero-order chi connectivity index (χ0) is 29.0. The summed E-state index contributed by atoms with van der Waals surface area (Å²) in [5.41, 5.74) is 7.38. The lowest BCUT2D eigenvalue weighted by Gasteiger charge is -2.37. The molecule has 0 aliphatic carbocycles. The van der Waals surface area contributed by atoms with Crippen LogP contribution in [0.25, 0.3) is 5.57 Å². The summed E-state index contributed by atoms with van der Waals surface area (Å²) in [6.45, 7) is 2.20. The highest BCUT2D eigenvalue weighted by Crippen LogP contribution is 2.33. The molecular formula is C38H35BN2Si. The summed E-state index contributed by atoms with van der Waals surface area (Å²) in [6, 6.07) is 51.2. The van der Waals surface area contributed by atoms with E-state index in [0.29, 0.717) is 0 Å². The molecule has 0 fully saturated rings. The molecule has 1 aromatic heterocycles. The van der Waals surface area contributed by atoms with Crippen molar-refractivity contribution in [2.75, 3.05) is 0 Å². The second-order valence-corrected chi connectivity index (χ2v) is 12.4. The van der Waals surface area contributed by atoms with Crippen LogP contribution in [0.1, 0.15) is 34.7 Å². The number of imidazole rings is 1. The highest BCUT2D eigenvalue weighted by molar-refractivity contribution is 6.57. The van der Waals surface area contributed by atoms with E-state index in [4.69, 9.17) is 7.85 Å². The van der Waals surface area contributed by atoms with Gasteiger partial charge in [0.2, 0.25) is 0 Å². The minimum Gasteiger partial charge on any atom is -0.326 e. The summed E-state index contributed by atoms with van der Waals surface area (Å²) < 4.78 is 2.30. The second kappa shape index (κ2) is 14.3. The van der Waals surface area contributed by atoms with Gasteiger partial charge in [0.25, 0.3) is 0 Å². The van der Waals surface area contributed by atoms with E-state index in [2.05, 4.69) is 132 Å².